The van der Waals surface area contributed by atoms with E-state index in [2.05, 4.69) is 16.0 Å². The molecule has 0 bridgehead atoms. The largest absolute Gasteiger partial charge is 0.508 e. The second-order valence-electron chi connectivity index (χ2n) is 6.98. The second kappa shape index (κ2) is 6.87. The van der Waals surface area contributed by atoms with Gasteiger partial charge in [0.15, 0.2) is 0 Å². The zero-order chi connectivity index (χ0) is 20.7. The van der Waals surface area contributed by atoms with Gasteiger partial charge < -0.3 is 20.8 Å². The highest BCUT2D eigenvalue weighted by molar-refractivity contribution is 6.22. The normalized spacial score (nSPS) is 12.5. The van der Waals surface area contributed by atoms with Crippen LogP contribution in [-0.4, -0.2) is 22.0 Å². The molecular weight excluding hydrogens is 370 g/mol. The average molecular weight is 389 g/mol. The Kier molecular flexibility index (Phi) is 4.35. The Balaban J connectivity index is 1.78. The fourth-order valence-electron chi connectivity index (χ4n) is 3.20. The summed E-state index contributed by atoms with van der Waals surface area (Å²) in [6.07, 6.45) is 0. The maximum Gasteiger partial charge on any atom is 0.259 e. The molecule has 1 heterocycles. The van der Waals surface area contributed by atoms with Gasteiger partial charge in [0.05, 0.1) is 22.5 Å². The van der Waals surface area contributed by atoms with E-state index in [0.29, 0.717) is 33.6 Å². The van der Waals surface area contributed by atoms with Crippen molar-refractivity contribution in [2.24, 2.45) is 0 Å². The lowest BCUT2D eigenvalue weighted by atomic mass is 10.1. The van der Waals surface area contributed by atoms with Gasteiger partial charge in [0.25, 0.3) is 11.8 Å². The van der Waals surface area contributed by atoms with Crippen molar-refractivity contribution in [1.29, 1.82) is 0 Å². The molecule has 0 atom stereocenters. The van der Waals surface area contributed by atoms with Gasteiger partial charge in [0.2, 0.25) is 0 Å². The SMILES string of the molecule is Cc1cc(Nc2cc3c(cc2Nc2ccc(O)c(C)c2)C(=O)NC3=O)ccc1O. The molecule has 3 aromatic rings. The molecule has 0 unspecified atom stereocenters. The van der Waals surface area contributed by atoms with Gasteiger partial charge in [-0.1, -0.05) is 0 Å². The number of amides is 2. The Morgan fingerprint density at radius 2 is 1.10 bits per heavy atom. The number of phenolic OH excluding ortho intramolecular Hbond substituents is 2. The first-order valence-electron chi connectivity index (χ1n) is 8.99. The van der Waals surface area contributed by atoms with E-state index in [0.717, 1.165) is 11.4 Å². The Bertz CT molecular complexity index is 1080. The first-order chi connectivity index (χ1) is 13.8. The van der Waals surface area contributed by atoms with Crippen molar-refractivity contribution in [1.82, 2.24) is 5.32 Å². The van der Waals surface area contributed by atoms with Crippen molar-refractivity contribution < 1.29 is 19.8 Å². The lowest BCUT2D eigenvalue weighted by Gasteiger charge is -2.16. The Labute approximate surface area is 167 Å². The quantitative estimate of drug-likeness (QED) is 0.340. The third-order valence-electron chi connectivity index (χ3n) is 4.83. The van der Waals surface area contributed by atoms with E-state index in [4.69, 9.17) is 0 Å². The van der Waals surface area contributed by atoms with Gasteiger partial charge >= 0.3 is 0 Å². The van der Waals surface area contributed by atoms with Gasteiger partial charge in [-0.2, -0.15) is 0 Å². The second-order valence-corrected chi connectivity index (χ2v) is 6.98. The third-order valence-corrected chi connectivity index (χ3v) is 4.83. The van der Waals surface area contributed by atoms with Crippen molar-refractivity contribution in [2.75, 3.05) is 10.6 Å². The molecule has 7 nitrogen and oxygen atoms in total. The summed E-state index contributed by atoms with van der Waals surface area (Å²) in [6.45, 7) is 3.57. The molecule has 4 rings (SSSR count). The first-order valence-corrected chi connectivity index (χ1v) is 8.99. The number of benzene rings is 3. The number of carbonyl (C=O) groups excluding carboxylic acids is 2. The average Bonchev–Trinajstić information content (AvgIpc) is 2.95. The summed E-state index contributed by atoms with van der Waals surface area (Å²) in [5.41, 5.74) is 4.60. The van der Waals surface area contributed by atoms with Crippen LogP contribution in [0, 0.1) is 13.8 Å². The predicted octanol–water partition coefficient (Wildman–Crippen LogP) is 4.09. The van der Waals surface area contributed by atoms with Crippen molar-refractivity contribution in [3.05, 3.63) is 70.8 Å². The number of imide groups is 1. The summed E-state index contributed by atoms with van der Waals surface area (Å²) in [7, 11) is 0. The van der Waals surface area contributed by atoms with Crippen LogP contribution >= 0.6 is 0 Å². The maximum absolute atomic E-state index is 12.1. The van der Waals surface area contributed by atoms with E-state index < -0.39 is 11.8 Å². The number of aryl methyl sites for hydroxylation is 2. The van der Waals surface area contributed by atoms with Crippen molar-refractivity contribution >= 4 is 34.6 Å². The van der Waals surface area contributed by atoms with Crippen LogP contribution in [0.4, 0.5) is 22.7 Å². The summed E-state index contributed by atoms with van der Waals surface area (Å²) >= 11 is 0. The number of hydrogen-bond acceptors (Lipinski definition) is 6. The zero-order valence-corrected chi connectivity index (χ0v) is 15.8. The lowest BCUT2D eigenvalue weighted by Crippen LogP contribution is -2.19. The summed E-state index contributed by atoms with van der Waals surface area (Å²) in [6, 6.07) is 13.4. The van der Waals surface area contributed by atoms with E-state index in [-0.39, 0.29) is 11.5 Å². The molecule has 0 spiro atoms. The van der Waals surface area contributed by atoms with E-state index in [1.54, 1.807) is 62.4 Å². The van der Waals surface area contributed by atoms with Crippen LogP contribution in [0.15, 0.2) is 48.5 Å². The number of aromatic hydroxyl groups is 2. The summed E-state index contributed by atoms with van der Waals surface area (Å²) in [4.78, 5) is 24.2. The molecule has 0 radical (unpaired) electrons. The molecule has 1 aliphatic rings. The molecule has 0 fully saturated rings. The minimum Gasteiger partial charge on any atom is -0.508 e. The summed E-state index contributed by atoms with van der Waals surface area (Å²) in [5.74, 6) is -0.510. The number of anilines is 4. The van der Waals surface area contributed by atoms with E-state index >= 15 is 0 Å². The minimum absolute atomic E-state index is 0.187. The number of nitrogens with one attached hydrogen (secondary N) is 3. The Morgan fingerprint density at radius 3 is 1.48 bits per heavy atom. The Hall–Kier alpha value is -4.00. The molecule has 0 aromatic heterocycles. The smallest absolute Gasteiger partial charge is 0.259 e. The van der Waals surface area contributed by atoms with Gasteiger partial charge in [0.1, 0.15) is 11.5 Å². The van der Waals surface area contributed by atoms with Crippen molar-refractivity contribution in [2.45, 2.75) is 13.8 Å². The molecule has 29 heavy (non-hydrogen) atoms. The molecule has 1 aliphatic heterocycles. The topological polar surface area (TPSA) is 111 Å². The number of fused-ring (bicyclic) bond motifs is 1. The van der Waals surface area contributed by atoms with Crippen LogP contribution in [-0.2, 0) is 0 Å². The zero-order valence-electron chi connectivity index (χ0n) is 15.8. The van der Waals surface area contributed by atoms with Crippen molar-refractivity contribution in [3.8, 4) is 11.5 Å². The summed E-state index contributed by atoms with van der Waals surface area (Å²) < 4.78 is 0. The van der Waals surface area contributed by atoms with Crippen LogP contribution in [0.2, 0.25) is 0 Å². The molecule has 2 amide bonds. The molecule has 146 valence electrons. The highest BCUT2D eigenvalue weighted by atomic mass is 16.3. The van der Waals surface area contributed by atoms with Crippen LogP contribution in [0.1, 0.15) is 31.8 Å². The number of phenols is 2. The molecule has 5 N–H and O–H groups in total. The standard InChI is InChI=1S/C22H19N3O4/c1-11-7-13(3-5-19(11)26)23-17-9-15-16(22(29)25-21(15)28)10-18(17)24-14-4-6-20(27)12(2)8-14/h3-10,23-24,26-27H,1-2H3,(H,25,28,29). The van der Waals surface area contributed by atoms with E-state index in [9.17, 15) is 19.8 Å². The highest BCUT2D eigenvalue weighted by Crippen LogP contribution is 2.35. The van der Waals surface area contributed by atoms with E-state index in [1.807, 2.05) is 0 Å². The van der Waals surface area contributed by atoms with Gasteiger partial charge in [-0.3, -0.25) is 14.9 Å². The third kappa shape index (κ3) is 3.45. The fourth-order valence-corrected chi connectivity index (χ4v) is 3.20. The first kappa shape index (κ1) is 18.4. The van der Waals surface area contributed by atoms with E-state index in [1.165, 1.54) is 0 Å². The van der Waals surface area contributed by atoms with Crippen LogP contribution in [0.25, 0.3) is 0 Å². The number of rotatable bonds is 4. The lowest BCUT2D eigenvalue weighted by molar-refractivity contribution is 0.0879. The van der Waals surface area contributed by atoms with Crippen LogP contribution < -0.4 is 16.0 Å². The molecule has 0 saturated carbocycles. The van der Waals surface area contributed by atoms with Gasteiger partial charge in [-0.15, -0.1) is 0 Å². The van der Waals surface area contributed by atoms with Gasteiger partial charge in [-0.05, 0) is 73.5 Å². The van der Waals surface area contributed by atoms with Gasteiger partial charge in [0, 0.05) is 11.4 Å². The molecular formula is C22H19N3O4. The molecule has 0 aliphatic carbocycles. The fraction of sp³-hybridized carbons (Fsp3) is 0.0909. The molecule has 3 aromatic carbocycles. The highest BCUT2D eigenvalue weighted by Gasteiger charge is 2.28. The van der Waals surface area contributed by atoms with Crippen LogP contribution in [0.3, 0.4) is 0 Å². The summed E-state index contributed by atoms with van der Waals surface area (Å²) in [5, 5.41) is 28.3. The molecule has 7 heteroatoms. The monoisotopic (exact) mass is 389 g/mol. The van der Waals surface area contributed by atoms with Gasteiger partial charge in [-0.25, -0.2) is 0 Å². The molecule has 0 saturated heterocycles. The predicted molar refractivity (Wildman–Crippen MR) is 110 cm³/mol. The van der Waals surface area contributed by atoms with Crippen molar-refractivity contribution in [3.63, 3.8) is 0 Å². The minimum atomic E-state index is -0.443. The van der Waals surface area contributed by atoms with Crippen LogP contribution in [0.5, 0.6) is 11.5 Å². The number of hydrogen-bond donors (Lipinski definition) is 5. The maximum atomic E-state index is 12.1. The Morgan fingerprint density at radius 1 is 0.690 bits per heavy atom. The number of carbonyl (C=O) groups is 2.